The maximum absolute atomic E-state index is 10.3. The fourth-order valence-corrected chi connectivity index (χ4v) is 2.01. The van der Waals surface area contributed by atoms with E-state index in [0.29, 0.717) is 12.7 Å². The molecule has 2 rings (SSSR count). The second-order valence-electron chi connectivity index (χ2n) is 4.74. The molecular weight excluding hydrogens is 228 g/mol. The van der Waals surface area contributed by atoms with Gasteiger partial charge in [0, 0.05) is 6.61 Å². The molecule has 0 radical (unpaired) electrons. The van der Waals surface area contributed by atoms with Crippen LogP contribution >= 0.6 is 0 Å². The van der Waals surface area contributed by atoms with Crippen LogP contribution in [0.1, 0.15) is 44.8 Å². The first-order valence-corrected chi connectivity index (χ1v) is 6.80. The monoisotopic (exact) mass is 250 g/mol. The predicted molar refractivity (Wildman–Crippen MR) is 70.8 cm³/mol. The Hall–Kier alpha value is -1.06. The minimum atomic E-state index is -0.585. The topological polar surface area (TPSA) is 38.7 Å². The second kappa shape index (κ2) is 6.21. The van der Waals surface area contributed by atoms with E-state index in [2.05, 4.69) is 0 Å². The van der Waals surface area contributed by atoms with Crippen LogP contribution < -0.4 is 4.74 Å². The summed E-state index contributed by atoms with van der Waals surface area (Å²) in [4.78, 5) is 0. The van der Waals surface area contributed by atoms with Gasteiger partial charge >= 0.3 is 0 Å². The highest BCUT2D eigenvalue weighted by Gasteiger charge is 2.24. The van der Waals surface area contributed by atoms with Gasteiger partial charge in [-0.25, -0.2) is 0 Å². The summed E-state index contributed by atoms with van der Waals surface area (Å²) in [6.45, 7) is 4.59. The summed E-state index contributed by atoms with van der Waals surface area (Å²) in [5, 5.41) is 10.3. The molecule has 3 nitrogen and oxygen atoms in total. The Morgan fingerprint density at radius 1 is 1.33 bits per heavy atom. The van der Waals surface area contributed by atoms with E-state index in [4.69, 9.17) is 9.47 Å². The Bertz CT molecular complexity index is 374. The summed E-state index contributed by atoms with van der Waals surface area (Å²) in [5.74, 6) is 0.848. The van der Waals surface area contributed by atoms with Gasteiger partial charge in [0.25, 0.3) is 0 Å². The molecule has 1 aromatic rings. The lowest BCUT2D eigenvalue weighted by atomic mass is 10.0. The molecule has 1 saturated carbocycles. The molecule has 0 aromatic heterocycles. The number of benzene rings is 1. The van der Waals surface area contributed by atoms with E-state index < -0.39 is 6.10 Å². The van der Waals surface area contributed by atoms with Crippen LogP contribution in [0.15, 0.2) is 24.3 Å². The zero-order valence-electron chi connectivity index (χ0n) is 11.1. The van der Waals surface area contributed by atoms with E-state index in [1.54, 1.807) is 0 Å². The van der Waals surface area contributed by atoms with Gasteiger partial charge in [-0.3, -0.25) is 0 Å². The van der Waals surface area contributed by atoms with Gasteiger partial charge in [0.15, 0.2) is 0 Å². The molecule has 1 aliphatic carbocycles. The van der Waals surface area contributed by atoms with Crippen molar-refractivity contribution < 1.29 is 14.6 Å². The molecule has 1 N–H and O–H groups in total. The van der Waals surface area contributed by atoms with E-state index in [0.717, 1.165) is 30.6 Å². The minimum absolute atomic E-state index is 0.147. The SMILES string of the molecule is CCOC(CC)C(O)c1cccc(OC2CC2)c1. The average molecular weight is 250 g/mol. The molecule has 0 spiro atoms. The molecule has 3 heteroatoms. The summed E-state index contributed by atoms with van der Waals surface area (Å²) in [6.07, 6.45) is 2.73. The number of aliphatic hydroxyl groups excluding tert-OH is 1. The number of hydrogen-bond donors (Lipinski definition) is 1. The first-order chi connectivity index (χ1) is 8.74. The quantitative estimate of drug-likeness (QED) is 0.808. The molecule has 0 heterocycles. The lowest BCUT2D eigenvalue weighted by Gasteiger charge is -2.22. The molecule has 0 bridgehead atoms. The largest absolute Gasteiger partial charge is 0.490 e. The average Bonchev–Trinajstić information content (AvgIpc) is 3.19. The molecule has 0 amide bonds. The molecule has 0 aliphatic heterocycles. The van der Waals surface area contributed by atoms with Crippen LogP contribution in [0.4, 0.5) is 0 Å². The van der Waals surface area contributed by atoms with Gasteiger partial charge in [0.2, 0.25) is 0 Å². The molecule has 2 atom stereocenters. The van der Waals surface area contributed by atoms with Crippen molar-refractivity contribution in [1.82, 2.24) is 0 Å². The summed E-state index contributed by atoms with van der Waals surface area (Å²) in [5.41, 5.74) is 0.869. The standard InChI is InChI=1S/C15H22O3/c1-3-14(17-4-2)15(16)11-6-5-7-13(10-11)18-12-8-9-12/h5-7,10,12,14-16H,3-4,8-9H2,1-2H3. The molecule has 18 heavy (non-hydrogen) atoms. The van der Waals surface area contributed by atoms with Crippen LogP contribution in [0.2, 0.25) is 0 Å². The normalized spacial score (nSPS) is 18.4. The Morgan fingerprint density at radius 3 is 2.72 bits per heavy atom. The van der Waals surface area contributed by atoms with Gasteiger partial charge in [0.1, 0.15) is 11.9 Å². The van der Waals surface area contributed by atoms with Crippen molar-refractivity contribution in [1.29, 1.82) is 0 Å². The number of hydrogen-bond acceptors (Lipinski definition) is 3. The van der Waals surface area contributed by atoms with E-state index >= 15 is 0 Å². The Balaban J connectivity index is 2.05. The van der Waals surface area contributed by atoms with E-state index in [1.807, 2.05) is 38.1 Å². The third kappa shape index (κ3) is 3.47. The van der Waals surface area contributed by atoms with Crippen LogP contribution in [-0.4, -0.2) is 23.9 Å². The minimum Gasteiger partial charge on any atom is -0.490 e. The zero-order valence-corrected chi connectivity index (χ0v) is 11.1. The van der Waals surface area contributed by atoms with E-state index in [1.165, 1.54) is 0 Å². The first kappa shape index (κ1) is 13.4. The number of rotatable bonds is 7. The van der Waals surface area contributed by atoms with Crippen molar-refractivity contribution in [2.45, 2.75) is 51.4 Å². The van der Waals surface area contributed by atoms with Gasteiger partial charge in [-0.1, -0.05) is 19.1 Å². The van der Waals surface area contributed by atoms with Gasteiger partial charge in [-0.2, -0.15) is 0 Å². The highest BCUT2D eigenvalue weighted by molar-refractivity contribution is 5.30. The van der Waals surface area contributed by atoms with Crippen LogP contribution in [-0.2, 0) is 4.74 Å². The summed E-state index contributed by atoms with van der Waals surface area (Å²) in [7, 11) is 0. The molecule has 0 saturated heterocycles. The summed E-state index contributed by atoms with van der Waals surface area (Å²) < 4.78 is 11.3. The van der Waals surface area contributed by atoms with Gasteiger partial charge in [0.05, 0.1) is 12.2 Å². The van der Waals surface area contributed by atoms with Crippen molar-refractivity contribution in [3.8, 4) is 5.75 Å². The Morgan fingerprint density at radius 2 is 2.11 bits per heavy atom. The fourth-order valence-electron chi connectivity index (χ4n) is 2.01. The fraction of sp³-hybridized carbons (Fsp3) is 0.600. The zero-order chi connectivity index (χ0) is 13.0. The third-order valence-electron chi connectivity index (χ3n) is 3.16. The van der Waals surface area contributed by atoms with Crippen molar-refractivity contribution in [2.75, 3.05) is 6.61 Å². The van der Waals surface area contributed by atoms with Crippen LogP contribution in [0, 0.1) is 0 Å². The first-order valence-electron chi connectivity index (χ1n) is 6.80. The van der Waals surface area contributed by atoms with Crippen molar-refractivity contribution in [2.24, 2.45) is 0 Å². The molecule has 2 unspecified atom stereocenters. The van der Waals surface area contributed by atoms with Crippen molar-refractivity contribution in [3.63, 3.8) is 0 Å². The lowest BCUT2D eigenvalue weighted by Crippen LogP contribution is -2.21. The summed E-state index contributed by atoms with van der Waals surface area (Å²) >= 11 is 0. The highest BCUT2D eigenvalue weighted by atomic mass is 16.5. The molecule has 1 aliphatic rings. The van der Waals surface area contributed by atoms with Gasteiger partial charge in [-0.15, -0.1) is 0 Å². The highest BCUT2D eigenvalue weighted by Crippen LogP contribution is 2.29. The molecule has 100 valence electrons. The van der Waals surface area contributed by atoms with E-state index in [-0.39, 0.29) is 6.10 Å². The molecule has 1 fully saturated rings. The molecular formula is C15H22O3. The number of ether oxygens (including phenoxy) is 2. The predicted octanol–water partition coefficient (Wildman–Crippen LogP) is 3.08. The van der Waals surface area contributed by atoms with Crippen molar-refractivity contribution in [3.05, 3.63) is 29.8 Å². The maximum atomic E-state index is 10.3. The Kier molecular flexibility index (Phi) is 4.61. The molecule has 1 aromatic carbocycles. The van der Waals surface area contributed by atoms with Crippen LogP contribution in [0.5, 0.6) is 5.75 Å². The maximum Gasteiger partial charge on any atom is 0.120 e. The smallest absolute Gasteiger partial charge is 0.120 e. The van der Waals surface area contributed by atoms with Crippen molar-refractivity contribution >= 4 is 0 Å². The summed E-state index contributed by atoms with van der Waals surface area (Å²) in [6, 6.07) is 7.71. The lowest BCUT2D eigenvalue weighted by molar-refractivity contribution is -0.0356. The van der Waals surface area contributed by atoms with Crippen LogP contribution in [0.25, 0.3) is 0 Å². The van der Waals surface area contributed by atoms with Gasteiger partial charge < -0.3 is 14.6 Å². The van der Waals surface area contributed by atoms with Gasteiger partial charge in [-0.05, 0) is 43.9 Å². The second-order valence-corrected chi connectivity index (χ2v) is 4.74. The third-order valence-corrected chi connectivity index (χ3v) is 3.16. The van der Waals surface area contributed by atoms with Crippen LogP contribution in [0.3, 0.4) is 0 Å². The number of aliphatic hydroxyl groups is 1. The van der Waals surface area contributed by atoms with E-state index in [9.17, 15) is 5.11 Å². The Labute approximate surface area is 109 Å².